The Hall–Kier alpha value is -1.20. The molecule has 2 aromatic heterocycles. The van der Waals surface area contributed by atoms with Gasteiger partial charge in [0.15, 0.2) is 0 Å². The predicted molar refractivity (Wildman–Crippen MR) is 65.4 cm³/mol. The normalized spacial score (nSPS) is 12.9. The van der Waals surface area contributed by atoms with Crippen molar-refractivity contribution in [3.05, 3.63) is 34.8 Å². The SMILES string of the molecule is CC(CNCc1cncn1C)c1nccs1. The summed E-state index contributed by atoms with van der Waals surface area (Å²) < 4.78 is 2.03. The first kappa shape index (κ1) is 11.3. The van der Waals surface area contributed by atoms with Crippen molar-refractivity contribution in [2.75, 3.05) is 6.54 Å². The monoisotopic (exact) mass is 236 g/mol. The zero-order chi connectivity index (χ0) is 11.4. The third kappa shape index (κ3) is 2.68. The highest BCUT2D eigenvalue weighted by molar-refractivity contribution is 7.09. The Morgan fingerprint density at radius 3 is 3.06 bits per heavy atom. The van der Waals surface area contributed by atoms with Crippen LogP contribution >= 0.6 is 11.3 Å². The topological polar surface area (TPSA) is 42.7 Å². The number of thiazole rings is 1. The lowest BCUT2D eigenvalue weighted by atomic mass is 10.2. The fraction of sp³-hybridized carbons (Fsp3) is 0.455. The zero-order valence-corrected chi connectivity index (χ0v) is 10.4. The number of rotatable bonds is 5. The van der Waals surface area contributed by atoms with Gasteiger partial charge in [-0.1, -0.05) is 6.92 Å². The molecule has 1 unspecified atom stereocenters. The highest BCUT2D eigenvalue weighted by Crippen LogP contribution is 2.16. The predicted octanol–water partition coefficient (Wildman–Crippen LogP) is 1.77. The fourth-order valence-corrected chi connectivity index (χ4v) is 2.24. The Morgan fingerprint density at radius 2 is 2.44 bits per heavy atom. The molecule has 16 heavy (non-hydrogen) atoms. The van der Waals surface area contributed by atoms with Gasteiger partial charge in [0.05, 0.1) is 17.0 Å². The summed E-state index contributed by atoms with van der Waals surface area (Å²) in [5.74, 6) is 0.466. The van der Waals surface area contributed by atoms with Crippen LogP contribution in [0.15, 0.2) is 24.1 Å². The quantitative estimate of drug-likeness (QED) is 0.860. The minimum atomic E-state index is 0.466. The molecule has 0 saturated carbocycles. The first-order valence-corrected chi connectivity index (χ1v) is 6.20. The molecule has 0 spiro atoms. The Labute approximate surface area is 99.4 Å². The molecule has 2 rings (SSSR count). The van der Waals surface area contributed by atoms with Gasteiger partial charge in [-0.15, -0.1) is 11.3 Å². The highest BCUT2D eigenvalue weighted by Gasteiger charge is 2.07. The van der Waals surface area contributed by atoms with Crippen LogP contribution in [0.1, 0.15) is 23.5 Å². The van der Waals surface area contributed by atoms with E-state index in [-0.39, 0.29) is 0 Å². The molecular formula is C11H16N4S. The molecule has 4 nitrogen and oxygen atoms in total. The molecule has 0 aliphatic carbocycles. The average molecular weight is 236 g/mol. The van der Waals surface area contributed by atoms with Crippen LogP contribution in [0.4, 0.5) is 0 Å². The summed E-state index contributed by atoms with van der Waals surface area (Å²) in [6.45, 7) is 3.99. The number of nitrogens with zero attached hydrogens (tertiary/aromatic N) is 3. The van der Waals surface area contributed by atoms with Crippen LogP contribution in [-0.4, -0.2) is 21.1 Å². The van der Waals surface area contributed by atoms with Crippen molar-refractivity contribution in [2.24, 2.45) is 7.05 Å². The summed E-state index contributed by atoms with van der Waals surface area (Å²) in [4.78, 5) is 8.39. The van der Waals surface area contributed by atoms with Crippen LogP contribution in [0.3, 0.4) is 0 Å². The van der Waals surface area contributed by atoms with Crippen LogP contribution in [0.5, 0.6) is 0 Å². The standard InChI is InChI=1S/C11H16N4S/c1-9(11-14-3-4-16-11)5-12-6-10-7-13-8-15(10)2/h3-4,7-9,12H,5-6H2,1-2H3. The minimum Gasteiger partial charge on any atom is -0.337 e. The summed E-state index contributed by atoms with van der Waals surface area (Å²) in [6.07, 6.45) is 5.57. The largest absolute Gasteiger partial charge is 0.337 e. The molecule has 0 saturated heterocycles. The molecule has 0 radical (unpaired) electrons. The van der Waals surface area contributed by atoms with Gasteiger partial charge in [-0.25, -0.2) is 9.97 Å². The van der Waals surface area contributed by atoms with E-state index in [1.165, 1.54) is 10.7 Å². The summed E-state index contributed by atoms with van der Waals surface area (Å²) in [5, 5.41) is 6.64. The van der Waals surface area contributed by atoms with E-state index in [1.54, 1.807) is 11.3 Å². The Morgan fingerprint density at radius 1 is 1.56 bits per heavy atom. The molecule has 2 heterocycles. The number of hydrogen-bond acceptors (Lipinski definition) is 4. The van der Waals surface area contributed by atoms with E-state index >= 15 is 0 Å². The number of aryl methyl sites for hydroxylation is 1. The number of aromatic nitrogens is 3. The lowest BCUT2D eigenvalue weighted by molar-refractivity contribution is 0.595. The molecule has 0 fully saturated rings. The summed E-state index contributed by atoms with van der Waals surface area (Å²) in [7, 11) is 2.01. The van der Waals surface area contributed by atoms with Gasteiger partial charge in [0.1, 0.15) is 0 Å². The van der Waals surface area contributed by atoms with Crippen molar-refractivity contribution in [3.63, 3.8) is 0 Å². The van der Waals surface area contributed by atoms with Gasteiger partial charge in [0, 0.05) is 43.8 Å². The van der Waals surface area contributed by atoms with E-state index in [0.29, 0.717) is 5.92 Å². The molecular weight excluding hydrogens is 220 g/mol. The molecule has 0 bridgehead atoms. The third-order valence-corrected chi connectivity index (χ3v) is 3.55. The zero-order valence-electron chi connectivity index (χ0n) is 9.55. The summed E-state index contributed by atoms with van der Waals surface area (Å²) >= 11 is 1.71. The van der Waals surface area contributed by atoms with Gasteiger partial charge in [-0.3, -0.25) is 0 Å². The second-order valence-electron chi connectivity index (χ2n) is 3.90. The smallest absolute Gasteiger partial charge is 0.0965 e. The second kappa shape index (κ2) is 5.23. The molecule has 0 aliphatic rings. The van der Waals surface area contributed by atoms with Crippen molar-refractivity contribution in [1.82, 2.24) is 19.9 Å². The van der Waals surface area contributed by atoms with Gasteiger partial charge in [-0.05, 0) is 0 Å². The van der Waals surface area contributed by atoms with E-state index in [9.17, 15) is 0 Å². The highest BCUT2D eigenvalue weighted by atomic mass is 32.1. The average Bonchev–Trinajstić information content (AvgIpc) is 2.90. The van der Waals surface area contributed by atoms with Gasteiger partial charge >= 0.3 is 0 Å². The molecule has 0 aromatic carbocycles. The van der Waals surface area contributed by atoms with Crippen molar-refractivity contribution >= 4 is 11.3 Å². The van der Waals surface area contributed by atoms with Crippen molar-refractivity contribution in [3.8, 4) is 0 Å². The maximum atomic E-state index is 4.31. The summed E-state index contributed by atoms with van der Waals surface area (Å²) in [6, 6.07) is 0. The number of imidazole rings is 1. The van der Waals surface area contributed by atoms with E-state index in [1.807, 2.05) is 35.7 Å². The van der Waals surface area contributed by atoms with Crippen LogP contribution in [0.25, 0.3) is 0 Å². The van der Waals surface area contributed by atoms with Crippen molar-refractivity contribution in [1.29, 1.82) is 0 Å². The lowest BCUT2D eigenvalue weighted by Crippen LogP contribution is -2.20. The Kier molecular flexibility index (Phi) is 3.69. The maximum absolute atomic E-state index is 4.31. The molecule has 1 N–H and O–H groups in total. The van der Waals surface area contributed by atoms with Gasteiger partial charge in [0.25, 0.3) is 0 Å². The van der Waals surface area contributed by atoms with E-state index < -0.39 is 0 Å². The lowest BCUT2D eigenvalue weighted by Gasteiger charge is -2.10. The number of hydrogen-bond donors (Lipinski definition) is 1. The van der Waals surface area contributed by atoms with Crippen LogP contribution in [0, 0.1) is 0 Å². The van der Waals surface area contributed by atoms with Crippen molar-refractivity contribution in [2.45, 2.75) is 19.4 Å². The molecule has 0 aliphatic heterocycles. The van der Waals surface area contributed by atoms with Crippen LogP contribution in [-0.2, 0) is 13.6 Å². The number of nitrogens with one attached hydrogen (secondary N) is 1. The maximum Gasteiger partial charge on any atom is 0.0965 e. The van der Waals surface area contributed by atoms with Gasteiger partial charge < -0.3 is 9.88 Å². The first-order valence-electron chi connectivity index (χ1n) is 5.32. The first-order chi connectivity index (χ1) is 7.77. The second-order valence-corrected chi connectivity index (χ2v) is 4.82. The molecule has 5 heteroatoms. The minimum absolute atomic E-state index is 0.466. The van der Waals surface area contributed by atoms with E-state index in [4.69, 9.17) is 0 Å². The van der Waals surface area contributed by atoms with E-state index in [2.05, 4.69) is 22.2 Å². The van der Waals surface area contributed by atoms with Gasteiger partial charge in [0.2, 0.25) is 0 Å². The fourth-order valence-electron chi connectivity index (χ4n) is 1.54. The molecule has 1 atom stereocenters. The third-order valence-electron chi connectivity index (χ3n) is 2.55. The molecule has 2 aromatic rings. The van der Waals surface area contributed by atoms with Crippen molar-refractivity contribution < 1.29 is 0 Å². The van der Waals surface area contributed by atoms with E-state index in [0.717, 1.165) is 13.1 Å². The van der Waals surface area contributed by atoms with Crippen LogP contribution < -0.4 is 5.32 Å². The van der Waals surface area contributed by atoms with Gasteiger partial charge in [-0.2, -0.15) is 0 Å². The molecule has 0 amide bonds. The summed E-state index contributed by atoms with van der Waals surface area (Å²) in [5.41, 5.74) is 1.20. The van der Waals surface area contributed by atoms with Crippen LogP contribution in [0.2, 0.25) is 0 Å². The molecule has 86 valence electrons. The Balaban J connectivity index is 1.78. The Bertz CT molecular complexity index is 421.